The summed E-state index contributed by atoms with van der Waals surface area (Å²) in [5.41, 5.74) is 0.997. The molecule has 88 valence electrons. The van der Waals surface area contributed by atoms with E-state index < -0.39 is 0 Å². The SMILES string of the molecule is CCCCC(=O)N(C)Cc1ccccc1Cl. The van der Waals surface area contributed by atoms with Crippen molar-refractivity contribution >= 4 is 17.5 Å². The Morgan fingerprint density at radius 2 is 2.06 bits per heavy atom. The van der Waals surface area contributed by atoms with Gasteiger partial charge < -0.3 is 4.90 Å². The number of rotatable bonds is 5. The number of unbranched alkanes of at least 4 members (excludes halogenated alkanes) is 1. The second-order valence-electron chi connectivity index (χ2n) is 3.94. The Balaban J connectivity index is 2.54. The van der Waals surface area contributed by atoms with Gasteiger partial charge in [0.15, 0.2) is 0 Å². The molecule has 16 heavy (non-hydrogen) atoms. The van der Waals surface area contributed by atoms with Gasteiger partial charge >= 0.3 is 0 Å². The molecule has 0 heterocycles. The average Bonchev–Trinajstić information content (AvgIpc) is 2.28. The van der Waals surface area contributed by atoms with Gasteiger partial charge in [-0.25, -0.2) is 0 Å². The normalized spacial score (nSPS) is 10.2. The van der Waals surface area contributed by atoms with Gasteiger partial charge in [-0.15, -0.1) is 0 Å². The average molecular weight is 240 g/mol. The summed E-state index contributed by atoms with van der Waals surface area (Å²) < 4.78 is 0. The van der Waals surface area contributed by atoms with E-state index in [-0.39, 0.29) is 5.91 Å². The van der Waals surface area contributed by atoms with Gasteiger partial charge in [-0.2, -0.15) is 0 Å². The van der Waals surface area contributed by atoms with E-state index in [2.05, 4.69) is 6.92 Å². The van der Waals surface area contributed by atoms with E-state index in [0.717, 1.165) is 23.4 Å². The molecule has 0 aliphatic heterocycles. The van der Waals surface area contributed by atoms with E-state index in [4.69, 9.17) is 11.6 Å². The van der Waals surface area contributed by atoms with Gasteiger partial charge in [-0.05, 0) is 18.1 Å². The Morgan fingerprint density at radius 1 is 1.38 bits per heavy atom. The third-order valence-electron chi connectivity index (χ3n) is 2.54. The molecule has 0 saturated carbocycles. The lowest BCUT2D eigenvalue weighted by atomic mass is 10.2. The zero-order valence-corrected chi connectivity index (χ0v) is 10.6. The molecule has 0 spiro atoms. The maximum atomic E-state index is 11.7. The second-order valence-corrected chi connectivity index (χ2v) is 4.35. The minimum atomic E-state index is 0.182. The molecule has 0 atom stereocenters. The molecule has 1 aromatic carbocycles. The maximum Gasteiger partial charge on any atom is 0.222 e. The number of hydrogen-bond donors (Lipinski definition) is 0. The highest BCUT2D eigenvalue weighted by atomic mass is 35.5. The largest absolute Gasteiger partial charge is 0.341 e. The van der Waals surface area contributed by atoms with Crippen LogP contribution in [-0.2, 0) is 11.3 Å². The summed E-state index contributed by atoms with van der Waals surface area (Å²) in [6.07, 6.45) is 2.62. The lowest BCUT2D eigenvalue weighted by Gasteiger charge is -2.17. The minimum absolute atomic E-state index is 0.182. The van der Waals surface area contributed by atoms with E-state index in [1.165, 1.54) is 0 Å². The molecule has 0 aromatic heterocycles. The molecule has 0 aliphatic rings. The number of halogens is 1. The number of amides is 1. The third-order valence-corrected chi connectivity index (χ3v) is 2.90. The van der Waals surface area contributed by atoms with Gasteiger partial charge in [-0.3, -0.25) is 4.79 Å². The Kier molecular flexibility index (Phi) is 5.33. The Morgan fingerprint density at radius 3 is 2.69 bits per heavy atom. The molecule has 0 radical (unpaired) electrons. The van der Waals surface area contributed by atoms with Crippen LogP contribution in [0.5, 0.6) is 0 Å². The third kappa shape index (κ3) is 3.86. The molecule has 0 unspecified atom stereocenters. The van der Waals surface area contributed by atoms with Crippen LogP contribution in [0.4, 0.5) is 0 Å². The molecule has 1 aromatic rings. The molecule has 2 nitrogen and oxygen atoms in total. The number of carbonyl (C=O) groups excluding carboxylic acids is 1. The first-order valence-corrected chi connectivity index (χ1v) is 6.00. The molecular weight excluding hydrogens is 222 g/mol. The topological polar surface area (TPSA) is 20.3 Å². The molecule has 1 amide bonds. The lowest BCUT2D eigenvalue weighted by Crippen LogP contribution is -2.25. The highest BCUT2D eigenvalue weighted by Crippen LogP contribution is 2.16. The van der Waals surface area contributed by atoms with Crippen LogP contribution < -0.4 is 0 Å². The standard InChI is InChI=1S/C13H18ClNO/c1-3-4-9-13(16)15(2)10-11-7-5-6-8-12(11)14/h5-8H,3-4,9-10H2,1-2H3. The van der Waals surface area contributed by atoms with E-state index in [1.807, 2.05) is 31.3 Å². The first-order chi connectivity index (χ1) is 7.65. The molecule has 3 heteroatoms. The summed E-state index contributed by atoms with van der Waals surface area (Å²) in [5, 5.41) is 0.720. The molecular formula is C13H18ClNO. The number of carbonyl (C=O) groups is 1. The Bertz CT molecular complexity index is 352. The molecule has 0 saturated heterocycles. The van der Waals surface area contributed by atoms with E-state index >= 15 is 0 Å². The maximum absolute atomic E-state index is 11.7. The summed E-state index contributed by atoms with van der Waals surface area (Å²) >= 11 is 6.04. The van der Waals surface area contributed by atoms with Gasteiger partial charge in [-0.1, -0.05) is 43.1 Å². The Labute approximate surface area is 102 Å². The van der Waals surface area contributed by atoms with Crippen molar-refractivity contribution in [1.29, 1.82) is 0 Å². The van der Waals surface area contributed by atoms with Crippen LogP contribution in [0.1, 0.15) is 31.7 Å². The van der Waals surface area contributed by atoms with E-state index in [9.17, 15) is 4.79 Å². The molecule has 0 bridgehead atoms. The molecule has 0 fully saturated rings. The smallest absolute Gasteiger partial charge is 0.222 e. The van der Waals surface area contributed by atoms with Crippen LogP contribution in [0.2, 0.25) is 5.02 Å². The number of hydrogen-bond acceptors (Lipinski definition) is 1. The van der Waals surface area contributed by atoms with Crippen molar-refractivity contribution in [3.05, 3.63) is 34.9 Å². The van der Waals surface area contributed by atoms with Crippen LogP contribution in [0.3, 0.4) is 0 Å². The quantitative estimate of drug-likeness (QED) is 0.770. The summed E-state index contributed by atoms with van der Waals surface area (Å²) in [6.45, 7) is 2.67. The predicted molar refractivity (Wildman–Crippen MR) is 67.5 cm³/mol. The minimum Gasteiger partial charge on any atom is -0.341 e. The molecule has 1 rings (SSSR count). The highest BCUT2D eigenvalue weighted by molar-refractivity contribution is 6.31. The van der Waals surface area contributed by atoms with Crippen molar-refractivity contribution in [1.82, 2.24) is 4.90 Å². The summed E-state index contributed by atoms with van der Waals surface area (Å²) in [6, 6.07) is 7.63. The summed E-state index contributed by atoms with van der Waals surface area (Å²) in [5.74, 6) is 0.182. The predicted octanol–water partition coefficient (Wildman–Crippen LogP) is 3.49. The van der Waals surface area contributed by atoms with Crippen LogP contribution in [0, 0.1) is 0 Å². The molecule has 0 aliphatic carbocycles. The van der Waals surface area contributed by atoms with Gasteiger partial charge in [0.2, 0.25) is 5.91 Å². The van der Waals surface area contributed by atoms with Crippen LogP contribution >= 0.6 is 11.6 Å². The zero-order chi connectivity index (χ0) is 12.0. The fourth-order valence-corrected chi connectivity index (χ4v) is 1.68. The van der Waals surface area contributed by atoms with Crippen LogP contribution in [0.15, 0.2) is 24.3 Å². The zero-order valence-electron chi connectivity index (χ0n) is 9.87. The monoisotopic (exact) mass is 239 g/mol. The van der Waals surface area contributed by atoms with Crippen molar-refractivity contribution in [3.63, 3.8) is 0 Å². The molecule has 0 N–H and O–H groups in total. The highest BCUT2D eigenvalue weighted by Gasteiger charge is 2.09. The van der Waals surface area contributed by atoms with Crippen molar-refractivity contribution in [3.8, 4) is 0 Å². The Hall–Kier alpha value is -1.02. The van der Waals surface area contributed by atoms with Crippen molar-refractivity contribution < 1.29 is 4.79 Å². The number of benzene rings is 1. The van der Waals surface area contributed by atoms with Crippen LogP contribution in [0.25, 0.3) is 0 Å². The fourth-order valence-electron chi connectivity index (χ4n) is 1.49. The lowest BCUT2D eigenvalue weighted by molar-refractivity contribution is -0.130. The van der Waals surface area contributed by atoms with Gasteiger partial charge in [0.25, 0.3) is 0 Å². The number of nitrogens with zero attached hydrogens (tertiary/aromatic N) is 1. The first-order valence-electron chi connectivity index (χ1n) is 5.62. The van der Waals surface area contributed by atoms with Gasteiger partial charge in [0.05, 0.1) is 0 Å². The van der Waals surface area contributed by atoms with Gasteiger partial charge in [0, 0.05) is 25.0 Å². The van der Waals surface area contributed by atoms with E-state index in [1.54, 1.807) is 4.90 Å². The van der Waals surface area contributed by atoms with E-state index in [0.29, 0.717) is 13.0 Å². The van der Waals surface area contributed by atoms with Gasteiger partial charge in [0.1, 0.15) is 0 Å². The van der Waals surface area contributed by atoms with Crippen LogP contribution in [-0.4, -0.2) is 17.9 Å². The summed E-state index contributed by atoms with van der Waals surface area (Å²) in [4.78, 5) is 13.4. The first kappa shape index (κ1) is 13.0. The van der Waals surface area contributed by atoms with Crippen molar-refractivity contribution in [2.75, 3.05) is 7.05 Å². The van der Waals surface area contributed by atoms with Crippen molar-refractivity contribution in [2.24, 2.45) is 0 Å². The summed E-state index contributed by atoms with van der Waals surface area (Å²) in [7, 11) is 1.82. The van der Waals surface area contributed by atoms with Crippen molar-refractivity contribution in [2.45, 2.75) is 32.7 Å². The fraction of sp³-hybridized carbons (Fsp3) is 0.462. The second kappa shape index (κ2) is 6.54.